The number of thiazole rings is 1. The molecule has 0 atom stereocenters. The van der Waals surface area contributed by atoms with Gasteiger partial charge in [0.1, 0.15) is 5.82 Å². The average Bonchev–Trinajstić information content (AvgIpc) is 3.11. The largest absolute Gasteiger partial charge is 0.326 e. The predicted octanol–water partition coefficient (Wildman–Crippen LogP) is 4.80. The third kappa shape index (κ3) is 4.77. The molecular weight excluding hydrogens is 365 g/mol. The van der Waals surface area contributed by atoms with Crippen molar-refractivity contribution in [2.24, 2.45) is 5.92 Å². The van der Waals surface area contributed by atoms with Crippen molar-refractivity contribution < 1.29 is 14.0 Å². The van der Waals surface area contributed by atoms with Crippen LogP contribution in [-0.4, -0.2) is 16.8 Å². The minimum Gasteiger partial charge on any atom is -0.326 e. The Morgan fingerprint density at radius 2 is 1.67 bits per heavy atom. The molecule has 27 heavy (non-hydrogen) atoms. The number of anilines is 2. The minimum atomic E-state index is -0.310. The van der Waals surface area contributed by atoms with Crippen LogP contribution in [0, 0.1) is 11.7 Å². The van der Waals surface area contributed by atoms with Crippen molar-refractivity contribution in [2.45, 2.75) is 13.8 Å². The highest BCUT2D eigenvalue weighted by molar-refractivity contribution is 7.14. The quantitative estimate of drug-likeness (QED) is 0.665. The summed E-state index contributed by atoms with van der Waals surface area (Å²) in [6.45, 7) is 3.62. The molecule has 7 heteroatoms. The Labute approximate surface area is 160 Å². The van der Waals surface area contributed by atoms with Gasteiger partial charge in [0, 0.05) is 28.1 Å². The standard InChI is InChI=1S/C20H18FN3O2S/c1-12(2)18(25)22-16-9-5-14(6-10-16)19(26)24-20-23-17(11-27-20)13-3-7-15(21)8-4-13/h3-12H,1-2H3,(H,22,25)(H,23,24,26). The summed E-state index contributed by atoms with van der Waals surface area (Å²) in [5.74, 6) is -0.802. The fraction of sp³-hybridized carbons (Fsp3) is 0.150. The number of hydrogen-bond acceptors (Lipinski definition) is 4. The molecule has 5 nitrogen and oxygen atoms in total. The summed E-state index contributed by atoms with van der Waals surface area (Å²) in [5, 5.41) is 7.77. The Hall–Kier alpha value is -3.06. The lowest BCUT2D eigenvalue weighted by molar-refractivity contribution is -0.118. The molecule has 0 saturated carbocycles. The van der Waals surface area contributed by atoms with E-state index in [9.17, 15) is 14.0 Å². The first-order chi connectivity index (χ1) is 12.9. The molecule has 1 heterocycles. The zero-order chi connectivity index (χ0) is 19.4. The fourth-order valence-electron chi connectivity index (χ4n) is 2.25. The smallest absolute Gasteiger partial charge is 0.257 e. The van der Waals surface area contributed by atoms with Gasteiger partial charge in [-0.1, -0.05) is 13.8 Å². The van der Waals surface area contributed by atoms with Gasteiger partial charge in [0.15, 0.2) is 5.13 Å². The van der Waals surface area contributed by atoms with Crippen molar-refractivity contribution in [3.63, 3.8) is 0 Å². The van der Waals surface area contributed by atoms with E-state index in [2.05, 4.69) is 15.6 Å². The number of carbonyl (C=O) groups is 2. The van der Waals surface area contributed by atoms with Gasteiger partial charge in [-0.05, 0) is 48.5 Å². The van der Waals surface area contributed by atoms with E-state index in [0.29, 0.717) is 22.1 Å². The first kappa shape index (κ1) is 18.7. The van der Waals surface area contributed by atoms with Gasteiger partial charge in [-0.2, -0.15) is 0 Å². The summed E-state index contributed by atoms with van der Waals surface area (Å²) in [6.07, 6.45) is 0. The highest BCUT2D eigenvalue weighted by Crippen LogP contribution is 2.25. The minimum absolute atomic E-state index is 0.0803. The molecule has 0 aliphatic rings. The monoisotopic (exact) mass is 383 g/mol. The maximum atomic E-state index is 13.0. The number of amides is 2. The molecule has 0 spiro atoms. The Kier molecular flexibility index (Phi) is 5.61. The molecule has 2 N–H and O–H groups in total. The zero-order valence-corrected chi connectivity index (χ0v) is 15.6. The van der Waals surface area contributed by atoms with Crippen LogP contribution in [0.1, 0.15) is 24.2 Å². The van der Waals surface area contributed by atoms with Crippen LogP contribution in [0.4, 0.5) is 15.2 Å². The predicted molar refractivity (Wildman–Crippen MR) is 105 cm³/mol. The van der Waals surface area contributed by atoms with Gasteiger partial charge in [0.05, 0.1) is 5.69 Å². The van der Waals surface area contributed by atoms with Crippen molar-refractivity contribution in [3.05, 3.63) is 65.3 Å². The van der Waals surface area contributed by atoms with Crippen molar-refractivity contribution in [1.29, 1.82) is 0 Å². The number of nitrogens with zero attached hydrogens (tertiary/aromatic N) is 1. The molecule has 138 valence electrons. The Morgan fingerprint density at radius 1 is 1.00 bits per heavy atom. The number of carbonyl (C=O) groups excluding carboxylic acids is 2. The Bertz CT molecular complexity index is 950. The summed E-state index contributed by atoms with van der Waals surface area (Å²) >= 11 is 1.29. The molecule has 3 rings (SSSR count). The molecule has 3 aromatic rings. The molecule has 0 fully saturated rings. The van der Waals surface area contributed by atoms with E-state index in [-0.39, 0.29) is 23.5 Å². The SMILES string of the molecule is CC(C)C(=O)Nc1ccc(C(=O)Nc2nc(-c3ccc(F)cc3)cs2)cc1. The van der Waals surface area contributed by atoms with Gasteiger partial charge in [0.25, 0.3) is 5.91 Å². The lowest BCUT2D eigenvalue weighted by Crippen LogP contribution is -2.18. The van der Waals surface area contributed by atoms with Gasteiger partial charge in [-0.15, -0.1) is 11.3 Å². The number of halogens is 1. The maximum absolute atomic E-state index is 13.0. The third-order valence-electron chi connectivity index (χ3n) is 3.80. The van der Waals surface area contributed by atoms with Gasteiger partial charge >= 0.3 is 0 Å². The van der Waals surface area contributed by atoms with Crippen molar-refractivity contribution >= 4 is 34.0 Å². The number of aromatic nitrogens is 1. The molecular formula is C20H18FN3O2S. The van der Waals surface area contributed by atoms with Crippen LogP contribution in [-0.2, 0) is 4.79 Å². The second kappa shape index (κ2) is 8.09. The van der Waals surface area contributed by atoms with Crippen LogP contribution in [0.15, 0.2) is 53.9 Å². The molecule has 2 aromatic carbocycles. The molecule has 0 radical (unpaired) electrons. The number of benzene rings is 2. The Morgan fingerprint density at radius 3 is 2.30 bits per heavy atom. The van der Waals surface area contributed by atoms with E-state index in [1.807, 2.05) is 13.8 Å². The van der Waals surface area contributed by atoms with Crippen molar-refractivity contribution in [1.82, 2.24) is 4.98 Å². The number of hydrogen-bond donors (Lipinski definition) is 2. The van der Waals surface area contributed by atoms with Gasteiger partial charge in [-0.25, -0.2) is 9.37 Å². The number of rotatable bonds is 5. The van der Waals surface area contributed by atoms with E-state index in [1.165, 1.54) is 23.5 Å². The molecule has 0 unspecified atom stereocenters. The summed E-state index contributed by atoms with van der Waals surface area (Å²) in [6, 6.07) is 12.7. The highest BCUT2D eigenvalue weighted by atomic mass is 32.1. The Balaban J connectivity index is 1.65. The van der Waals surface area contributed by atoms with E-state index < -0.39 is 0 Å². The first-order valence-corrected chi connectivity index (χ1v) is 9.24. The summed E-state index contributed by atoms with van der Waals surface area (Å²) < 4.78 is 13.0. The van der Waals surface area contributed by atoms with Crippen LogP contribution in [0.3, 0.4) is 0 Å². The normalized spacial score (nSPS) is 10.7. The van der Waals surface area contributed by atoms with Crippen molar-refractivity contribution in [3.8, 4) is 11.3 Å². The molecule has 0 bridgehead atoms. The topological polar surface area (TPSA) is 71.1 Å². The van der Waals surface area contributed by atoms with Gasteiger partial charge in [-0.3, -0.25) is 14.9 Å². The molecule has 1 aromatic heterocycles. The van der Waals surface area contributed by atoms with Crippen molar-refractivity contribution in [2.75, 3.05) is 10.6 Å². The first-order valence-electron chi connectivity index (χ1n) is 8.36. The van der Waals surface area contributed by atoms with Crippen LogP contribution in [0.5, 0.6) is 0 Å². The third-order valence-corrected chi connectivity index (χ3v) is 4.56. The molecule has 0 aliphatic carbocycles. The van der Waals surface area contributed by atoms with E-state index in [0.717, 1.165) is 5.56 Å². The fourth-order valence-corrected chi connectivity index (χ4v) is 2.96. The summed E-state index contributed by atoms with van der Waals surface area (Å²) in [4.78, 5) is 28.4. The van der Waals surface area contributed by atoms with Crippen LogP contribution >= 0.6 is 11.3 Å². The second-order valence-electron chi connectivity index (χ2n) is 6.22. The van der Waals surface area contributed by atoms with Crippen LogP contribution in [0.25, 0.3) is 11.3 Å². The molecule has 0 saturated heterocycles. The van der Waals surface area contributed by atoms with E-state index in [4.69, 9.17) is 0 Å². The zero-order valence-electron chi connectivity index (χ0n) is 14.8. The highest BCUT2D eigenvalue weighted by Gasteiger charge is 2.11. The average molecular weight is 383 g/mol. The van der Waals surface area contributed by atoms with Gasteiger partial charge in [0.2, 0.25) is 5.91 Å². The molecule has 0 aliphatic heterocycles. The van der Waals surface area contributed by atoms with E-state index >= 15 is 0 Å². The molecule has 2 amide bonds. The van der Waals surface area contributed by atoms with Crippen LogP contribution in [0.2, 0.25) is 0 Å². The summed E-state index contributed by atoms with van der Waals surface area (Å²) in [7, 11) is 0. The lowest BCUT2D eigenvalue weighted by Gasteiger charge is -2.08. The second-order valence-corrected chi connectivity index (χ2v) is 7.08. The number of nitrogens with one attached hydrogen (secondary N) is 2. The maximum Gasteiger partial charge on any atom is 0.257 e. The van der Waals surface area contributed by atoms with Gasteiger partial charge < -0.3 is 5.32 Å². The lowest BCUT2D eigenvalue weighted by atomic mass is 10.1. The summed E-state index contributed by atoms with van der Waals surface area (Å²) in [5.41, 5.74) is 2.54. The van der Waals surface area contributed by atoms with Crippen LogP contribution < -0.4 is 10.6 Å². The van der Waals surface area contributed by atoms with E-state index in [1.54, 1.807) is 41.8 Å².